The Bertz CT molecular complexity index is 1190. The number of nitro groups is 1. The summed E-state index contributed by atoms with van der Waals surface area (Å²) in [6.45, 7) is 6.89. The molecule has 3 aromatic rings. The number of hydrazone groups is 1. The van der Waals surface area contributed by atoms with Crippen LogP contribution in [0, 0.1) is 24.0 Å². The van der Waals surface area contributed by atoms with E-state index in [0.29, 0.717) is 28.8 Å². The van der Waals surface area contributed by atoms with Gasteiger partial charge < -0.3 is 4.74 Å². The molecule has 1 N–H and O–H groups in total. The zero-order valence-electron chi connectivity index (χ0n) is 18.7. The van der Waals surface area contributed by atoms with Crippen LogP contribution < -0.4 is 10.2 Å². The predicted octanol–water partition coefficient (Wildman–Crippen LogP) is 4.74. The second kappa shape index (κ2) is 10.3. The lowest BCUT2D eigenvalue weighted by Gasteiger charge is -2.12. The van der Waals surface area contributed by atoms with Crippen molar-refractivity contribution in [1.82, 2.24) is 15.2 Å². The molecule has 3 rings (SSSR count). The van der Waals surface area contributed by atoms with Gasteiger partial charge in [0.05, 0.1) is 10.6 Å². The summed E-state index contributed by atoms with van der Waals surface area (Å²) in [6.07, 6.45) is 0. The van der Waals surface area contributed by atoms with Crippen molar-refractivity contribution in [2.45, 2.75) is 40.3 Å². The van der Waals surface area contributed by atoms with Crippen molar-refractivity contribution in [2.24, 2.45) is 5.10 Å². The maximum absolute atomic E-state index is 12.5. The van der Waals surface area contributed by atoms with Crippen LogP contribution in [0.25, 0.3) is 0 Å². The van der Waals surface area contributed by atoms with Crippen LogP contribution in [0.5, 0.6) is 5.75 Å². The van der Waals surface area contributed by atoms with Crippen molar-refractivity contribution < 1.29 is 14.5 Å². The standard InChI is InChI=1S/C23H24ClN5O4/c1-14(19-7-11-21(12-8-19)33-13-18-5-9-20(24)10-6-18)25-26-23(30)17(4)28-16(3)22(29(31)32)15(2)27-28/h5-12,17H,13H2,1-4H3,(H,26,30)/b25-14+. The van der Waals surface area contributed by atoms with Gasteiger partial charge >= 0.3 is 5.69 Å². The Morgan fingerprint density at radius 1 is 1.21 bits per heavy atom. The van der Waals surface area contributed by atoms with E-state index in [4.69, 9.17) is 16.3 Å². The van der Waals surface area contributed by atoms with E-state index in [-0.39, 0.29) is 11.4 Å². The fourth-order valence-electron chi connectivity index (χ4n) is 3.24. The van der Waals surface area contributed by atoms with Gasteiger partial charge in [-0.15, -0.1) is 0 Å². The van der Waals surface area contributed by atoms with Crippen LogP contribution in [-0.4, -0.2) is 26.3 Å². The highest BCUT2D eigenvalue weighted by Crippen LogP contribution is 2.24. The largest absolute Gasteiger partial charge is 0.489 e. The highest BCUT2D eigenvalue weighted by Gasteiger charge is 2.27. The minimum Gasteiger partial charge on any atom is -0.489 e. The van der Waals surface area contributed by atoms with Gasteiger partial charge in [0.2, 0.25) is 0 Å². The van der Waals surface area contributed by atoms with Gasteiger partial charge in [-0.3, -0.25) is 19.6 Å². The predicted molar refractivity (Wildman–Crippen MR) is 126 cm³/mol. The average molecular weight is 470 g/mol. The fraction of sp³-hybridized carbons (Fsp3) is 0.261. The first-order valence-corrected chi connectivity index (χ1v) is 10.6. The minimum atomic E-state index is -0.766. The lowest BCUT2D eigenvalue weighted by atomic mass is 10.1. The van der Waals surface area contributed by atoms with E-state index < -0.39 is 16.9 Å². The van der Waals surface area contributed by atoms with Gasteiger partial charge in [-0.1, -0.05) is 23.7 Å². The molecule has 0 aliphatic rings. The molecule has 1 atom stereocenters. The second-order valence-electron chi connectivity index (χ2n) is 7.51. The molecule has 0 aliphatic heterocycles. The third kappa shape index (κ3) is 5.75. The number of rotatable bonds is 8. The summed E-state index contributed by atoms with van der Waals surface area (Å²) < 4.78 is 7.11. The number of carbonyl (C=O) groups is 1. The number of nitrogens with zero attached hydrogens (tertiary/aromatic N) is 4. The van der Waals surface area contributed by atoms with E-state index in [9.17, 15) is 14.9 Å². The first-order chi connectivity index (χ1) is 15.7. The fourth-order valence-corrected chi connectivity index (χ4v) is 3.37. The van der Waals surface area contributed by atoms with Crippen molar-refractivity contribution >= 4 is 28.9 Å². The summed E-state index contributed by atoms with van der Waals surface area (Å²) in [7, 11) is 0. The molecule has 1 unspecified atom stereocenters. The van der Waals surface area contributed by atoms with Crippen molar-refractivity contribution in [3.63, 3.8) is 0 Å². The number of hydrogen-bond donors (Lipinski definition) is 1. The van der Waals surface area contributed by atoms with Crippen LogP contribution in [-0.2, 0) is 11.4 Å². The summed E-state index contributed by atoms with van der Waals surface area (Å²) in [5.74, 6) is 0.267. The quantitative estimate of drug-likeness (QED) is 0.291. The number of nitrogens with one attached hydrogen (secondary N) is 1. The number of benzene rings is 2. The van der Waals surface area contributed by atoms with Crippen LogP contribution in [0.2, 0.25) is 5.02 Å². The minimum absolute atomic E-state index is 0.0901. The molecule has 2 aromatic carbocycles. The van der Waals surface area contributed by atoms with Crippen LogP contribution in [0.1, 0.15) is 42.4 Å². The van der Waals surface area contributed by atoms with Crippen LogP contribution >= 0.6 is 11.6 Å². The molecule has 172 valence electrons. The Hall–Kier alpha value is -3.72. The molecular weight excluding hydrogens is 446 g/mol. The molecule has 1 aromatic heterocycles. The van der Waals surface area contributed by atoms with E-state index in [0.717, 1.165) is 11.1 Å². The Morgan fingerprint density at radius 2 is 1.85 bits per heavy atom. The normalized spacial score (nSPS) is 12.3. The van der Waals surface area contributed by atoms with E-state index in [1.165, 1.54) is 11.6 Å². The van der Waals surface area contributed by atoms with Crippen LogP contribution in [0.15, 0.2) is 53.6 Å². The maximum atomic E-state index is 12.5. The molecule has 0 aliphatic carbocycles. The van der Waals surface area contributed by atoms with Crippen LogP contribution in [0.4, 0.5) is 5.69 Å². The van der Waals surface area contributed by atoms with Gasteiger partial charge in [0.1, 0.15) is 29.8 Å². The summed E-state index contributed by atoms with van der Waals surface area (Å²) in [5.41, 5.74) is 5.40. The number of halogens is 1. The van der Waals surface area contributed by atoms with E-state index in [2.05, 4.69) is 15.6 Å². The van der Waals surface area contributed by atoms with Crippen molar-refractivity contribution in [2.75, 3.05) is 0 Å². The first-order valence-electron chi connectivity index (χ1n) is 10.2. The van der Waals surface area contributed by atoms with Gasteiger partial charge in [0.15, 0.2) is 0 Å². The van der Waals surface area contributed by atoms with E-state index in [1.54, 1.807) is 20.8 Å². The molecule has 0 spiro atoms. The molecule has 0 saturated carbocycles. The van der Waals surface area contributed by atoms with Gasteiger partial charge in [-0.05, 0) is 75.2 Å². The van der Waals surface area contributed by atoms with Crippen LogP contribution in [0.3, 0.4) is 0 Å². The topological polar surface area (TPSA) is 112 Å². The molecule has 9 nitrogen and oxygen atoms in total. The van der Waals surface area contributed by atoms with Crippen molar-refractivity contribution in [3.05, 3.63) is 86.2 Å². The number of aromatic nitrogens is 2. The summed E-state index contributed by atoms with van der Waals surface area (Å²) in [6, 6.07) is 14.0. The zero-order chi connectivity index (χ0) is 24.1. The second-order valence-corrected chi connectivity index (χ2v) is 7.95. The lowest BCUT2D eigenvalue weighted by molar-refractivity contribution is -0.386. The van der Waals surface area contributed by atoms with Gasteiger partial charge in [0.25, 0.3) is 5.91 Å². The monoisotopic (exact) mass is 469 g/mol. The molecule has 1 amide bonds. The zero-order valence-corrected chi connectivity index (χ0v) is 19.5. The van der Waals surface area contributed by atoms with Gasteiger partial charge in [0, 0.05) is 5.02 Å². The third-order valence-corrected chi connectivity index (χ3v) is 5.39. The van der Waals surface area contributed by atoms with Crippen molar-refractivity contribution in [3.8, 4) is 5.75 Å². The Morgan fingerprint density at radius 3 is 2.42 bits per heavy atom. The smallest absolute Gasteiger partial charge is 0.312 e. The maximum Gasteiger partial charge on any atom is 0.312 e. The highest BCUT2D eigenvalue weighted by molar-refractivity contribution is 6.30. The number of carbonyl (C=O) groups excluding carboxylic acids is 1. The van der Waals surface area contributed by atoms with Crippen molar-refractivity contribution in [1.29, 1.82) is 0 Å². The molecule has 10 heteroatoms. The van der Waals surface area contributed by atoms with E-state index >= 15 is 0 Å². The molecule has 1 heterocycles. The summed E-state index contributed by atoms with van der Waals surface area (Å²) >= 11 is 5.89. The van der Waals surface area contributed by atoms with Gasteiger partial charge in [-0.2, -0.15) is 10.2 Å². The highest BCUT2D eigenvalue weighted by atomic mass is 35.5. The number of aryl methyl sites for hydroxylation is 1. The summed E-state index contributed by atoms with van der Waals surface area (Å²) in [5, 5.41) is 20.2. The third-order valence-electron chi connectivity index (χ3n) is 5.14. The molecule has 0 saturated heterocycles. The molecule has 0 bridgehead atoms. The Balaban J connectivity index is 1.61. The molecule has 0 fully saturated rings. The Kier molecular flexibility index (Phi) is 7.44. The van der Waals surface area contributed by atoms with E-state index in [1.807, 2.05) is 48.5 Å². The molecule has 33 heavy (non-hydrogen) atoms. The summed E-state index contributed by atoms with van der Waals surface area (Å²) in [4.78, 5) is 23.2. The molecule has 0 radical (unpaired) electrons. The Labute approximate surface area is 196 Å². The number of amides is 1. The van der Waals surface area contributed by atoms with Gasteiger partial charge in [-0.25, -0.2) is 5.43 Å². The molecular formula is C23H24ClN5O4. The number of hydrogen-bond acceptors (Lipinski definition) is 6. The average Bonchev–Trinajstić information content (AvgIpc) is 3.10. The number of ether oxygens (including phenoxy) is 1. The SMILES string of the molecule is C/C(=N\NC(=O)C(C)n1nc(C)c([N+](=O)[O-])c1C)c1ccc(OCc2ccc(Cl)cc2)cc1. The lowest BCUT2D eigenvalue weighted by Crippen LogP contribution is -2.29. The first kappa shape index (κ1) is 23.9.